The Morgan fingerprint density at radius 3 is 2.70 bits per heavy atom. The summed E-state index contributed by atoms with van der Waals surface area (Å²) >= 11 is 0. The number of fused-ring (bicyclic) bond motifs is 1. The molecule has 0 aliphatic carbocycles. The Balaban J connectivity index is 1.61. The third-order valence-corrected chi connectivity index (χ3v) is 4.22. The summed E-state index contributed by atoms with van der Waals surface area (Å²) in [5, 5.41) is 8.62. The summed E-state index contributed by atoms with van der Waals surface area (Å²) in [6.07, 6.45) is 6.72. The van der Waals surface area contributed by atoms with E-state index in [1.807, 2.05) is 35.2 Å². The fourth-order valence-electron chi connectivity index (χ4n) is 2.96. The van der Waals surface area contributed by atoms with Crippen LogP contribution in [0.4, 0.5) is 0 Å². The van der Waals surface area contributed by atoms with Crippen LogP contribution in [0.3, 0.4) is 0 Å². The second kappa shape index (κ2) is 5.85. The molecule has 5 nitrogen and oxygen atoms in total. The van der Waals surface area contributed by atoms with E-state index < -0.39 is 0 Å². The van der Waals surface area contributed by atoms with Crippen LogP contribution < -0.4 is 10.6 Å². The molecule has 5 heteroatoms. The lowest BCUT2D eigenvalue weighted by Crippen LogP contribution is -2.36. The van der Waals surface area contributed by atoms with Gasteiger partial charge in [0.1, 0.15) is 5.82 Å². The summed E-state index contributed by atoms with van der Waals surface area (Å²) < 4.78 is 1.96. The molecule has 3 aromatic rings. The van der Waals surface area contributed by atoms with E-state index in [1.165, 1.54) is 0 Å². The fourth-order valence-corrected chi connectivity index (χ4v) is 2.96. The third-order valence-electron chi connectivity index (χ3n) is 4.22. The van der Waals surface area contributed by atoms with Crippen molar-refractivity contribution >= 4 is 16.7 Å². The highest BCUT2D eigenvalue weighted by molar-refractivity contribution is 5.94. The van der Waals surface area contributed by atoms with Gasteiger partial charge < -0.3 is 15.2 Å². The lowest BCUT2D eigenvalue weighted by molar-refractivity contribution is 0.0940. The zero-order valence-corrected chi connectivity index (χ0v) is 12.7. The van der Waals surface area contributed by atoms with Gasteiger partial charge in [0, 0.05) is 36.7 Å². The van der Waals surface area contributed by atoms with Gasteiger partial charge in [-0.2, -0.15) is 0 Å². The molecule has 1 aliphatic heterocycles. The second-order valence-electron chi connectivity index (χ2n) is 5.86. The van der Waals surface area contributed by atoms with Gasteiger partial charge in [-0.25, -0.2) is 4.98 Å². The van der Waals surface area contributed by atoms with E-state index in [-0.39, 0.29) is 11.9 Å². The molecule has 23 heavy (non-hydrogen) atoms. The van der Waals surface area contributed by atoms with Crippen molar-refractivity contribution in [3.05, 3.63) is 60.6 Å². The van der Waals surface area contributed by atoms with Gasteiger partial charge in [-0.15, -0.1) is 0 Å². The van der Waals surface area contributed by atoms with E-state index in [4.69, 9.17) is 0 Å². The Hall–Kier alpha value is -2.66. The summed E-state index contributed by atoms with van der Waals surface area (Å²) in [6.45, 7) is 1.80. The smallest absolute Gasteiger partial charge is 0.251 e. The van der Waals surface area contributed by atoms with Gasteiger partial charge in [-0.3, -0.25) is 4.79 Å². The predicted molar refractivity (Wildman–Crippen MR) is 89.8 cm³/mol. The van der Waals surface area contributed by atoms with Gasteiger partial charge in [-0.1, -0.05) is 24.3 Å². The molecule has 1 fully saturated rings. The average Bonchev–Trinajstić information content (AvgIpc) is 3.24. The Bertz CT molecular complexity index is 816. The SMILES string of the molecule is O=C(N[C@@H]1CCNC1)c1ccnc(-n2cc3ccccc3c2)c1. The van der Waals surface area contributed by atoms with Crippen molar-refractivity contribution in [1.29, 1.82) is 0 Å². The molecule has 1 aliphatic rings. The summed E-state index contributed by atoms with van der Waals surface area (Å²) in [7, 11) is 0. The van der Waals surface area contributed by atoms with E-state index in [0.717, 1.165) is 36.1 Å². The molecule has 2 N–H and O–H groups in total. The van der Waals surface area contributed by atoms with Gasteiger partial charge in [0.15, 0.2) is 0 Å². The lowest BCUT2D eigenvalue weighted by Gasteiger charge is -2.11. The van der Waals surface area contributed by atoms with Crippen molar-refractivity contribution in [3.63, 3.8) is 0 Å². The Morgan fingerprint density at radius 2 is 2.00 bits per heavy atom. The van der Waals surface area contributed by atoms with Crippen LogP contribution in [0.5, 0.6) is 0 Å². The standard InChI is InChI=1S/C18H18N4O/c23-18(21-16-6-7-19-10-16)13-5-8-20-17(9-13)22-11-14-3-1-2-4-15(14)12-22/h1-5,8-9,11-12,16,19H,6-7,10H2,(H,21,23)/t16-/m1/s1. The van der Waals surface area contributed by atoms with Crippen LogP contribution in [0, 0.1) is 0 Å². The van der Waals surface area contributed by atoms with Crippen LogP contribution >= 0.6 is 0 Å². The first-order valence-corrected chi connectivity index (χ1v) is 7.84. The van der Waals surface area contributed by atoms with Crippen molar-refractivity contribution in [2.75, 3.05) is 13.1 Å². The number of hydrogen-bond donors (Lipinski definition) is 2. The van der Waals surface area contributed by atoms with Gasteiger partial charge >= 0.3 is 0 Å². The molecule has 0 spiro atoms. The van der Waals surface area contributed by atoms with Crippen molar-refractivity contribution in [1.82, 2.24) is 20.2 Å². The quantitative estimate of drug-likeness (QED) is 0.779. The average molecular weight is 306 g/mol. The van der Waals surface area contributed by atoms with E-state index in [1.54, 1.807) is 12.3 Å². The maximum atomic E-state index is 12.4. The second-order valence-corrected chi connectivity index (χ2v) is 5.86. The molecule has 116 valence electrons. The topological polar surface area (TPSA) is 59.0 Å². The van der Waals surface area contributed by atoms with Crippen LogP contribution in [0.25, 0.3) is 16.6 Å². The molecule has 1 amide bonds. The van der Waals surface area contributed by atoms with Gasteiger partial charge in [0.25, 0.3) is 5.91 Å². The molecule has 0 bridgehead atoms. The Labute approximate surface area is 134 Å². The monoisotopic (exact) mass is 306 g/mol. The molecule has 1 atom stereocenters. The Kier molecular flexibility index (Phi) is 3.55. The van der Waals surface area contributed by atoms with Crippen molar-refractivity contribution in [2.45, 2.75) is 12.5 Å². The van der Waals surface area contributed by atoms with Gasteiger partial charge in [-0.05, 0) is 35.9 Å². The normalized spacial score (nSPS) is 17.5. The van der Waals surface area contributed by atoms with E-state index in [2.05, 4.69) is 27.8 Å². The minimum atomic E-state index is -0.0425. The van der Waals surface area contributed by atoms with Crippen LogP contribution in [0.15, 0.2) is 55.0 Å². The van der Waals surface area contributed by atoms with Crippen LogP contribution in [-0.2, 0) is 0 Å². The number of nitrogens with zero attached hydrogens (tertiary/aromatic N) is 2. The number of amides is 1. The summed E-state index contributed by atoms with van der Waals surface area (Å²) in [6, 6.07) is 12.0. The van der Waals surface area contributed by atoms with Crippen molar-refractivity contribution in [2.24, 2.45) is 0 Å². The molecule has 1 aromatic carbocycles. The molecule has 0 unspecified atom stereocenters. The van der Waals surface area contributed by atoms with Crippen LogP contribution in [0.2, 0.25) is 0 Å². The first kappa shape index (κ1) is 14.0. The summed E-state index contributed by atoms with van der Waals surface area (Å²) in [5.41, 5.74) is 0.639. The lowest BCUT2D eigenvalue weighted by atomic mass is 10.2. The van der Waals surface area contributed by atoms with E-state index in [9.17, 15) is 4.79 Å². The number of benzene rings is 1. The number of carbonyl (C=O) groups excluding carboxylic acids is 1. The molecule has 2 aromatic heterocycles. The number of rotatable bonds is 3. The molecule has 0 saturated carbocycles. The highest BCUT2D eigenvalue weighted by Gasteiger charge is 2.17. The minimum absolute atomic E-state index is 0.0425. The Morgan fingerprint density at radius 1 is 1.22 bits per heavy atom. The zero-order valence-electron chi connectivity index (χ0n) is 12.7. The van der Waals surface area contributed by atoms with Gasteiger partial charge in [0.2, 0.25) is 0 Å². The number of carbonyl (C=O) groups is 1. The van der Waals surface area contributed by atoms with Crippen LogP contribution in [-0.4, -0.2) is 34.6 Å². The fraction of sp³-hybridized carbons (Fsp3) is 0.222. The first-order valence-electron chi connectivity index (χ1n) is 7.84. The van der Waals surface area contributed by atoms with E-state index >= 15 is 0 Å². The number of pyridine rings is 1. The number of aromatic nitrogens is 2. The summed E-state index contributed by atoms with van der Waals surface area (Å²) in [4.78, 5) is 16.8. The molecule has 4 rings (SSSR count). The highest BCUT2D eigenvalue weighted by atomic mass is 16.1. The first-order chi connectivity index (χ1) is 11.3. The number of nitrogens with one attached hydrogen (secondary N) is 2. The third kappa shape index (κ3) is 2.83. The highest BCUT2D eigenvalue weighted by Crippen LogP contribution is 2.18. The maximum Gasteiger partial charge on any atom is 0.251 e. The zero-order chi connectivity index (χ0) is 15.6. The molecule has 1 saturated heterocycles. The van der Waals surface area contributed by atoms with E-state index in [0.29, 0.717) is 5.56 Å². The molecular weight excluding hydrogens is 288 g/mol. The molecule has 0 radical (unpaired) electrons. The van der Waals surface area contributed by atoms with Crippen LogP contribution in [0.1, 0.15) is 16.8 Å². The maximum absolute atomic E-state index is 12.4. The largest absolute Gasteiger partial charge is 0.348 e. The number of hydrogen-bond acceptors (Lipinski definition) is 3. The molecular formula is C18H18N4O. The van der Waals surface area contributed by atoms with Crippen molar-refractivity contribution in [3.8, 4) is 5.82 Å². The van der Waals surface area contributed by atoms with Crippen molar-refractivity contribution < 1.29 is 4.79 Å². The molecule has 3 heterocycles. The summed E-state index contributed by atoms with van der Waals surface area (Å²) in [5.74, 6) is 0.706. The van der Waals surface area contributed by atoms with Gasteiger partial charge in [0.05, 0.1) is 0 Å². The predicted octanol–water partition coefficient (Wildman–Crippen LogP) is 2.12. The minimum Gasteiger partial charge on any atom is -0.348 e.